The van der Waals surface area contributed by atoms with Crippen LogP contribution in [0.1, 0.15) is 5.56 Å². The molecule has 1 aromatic rings. The zero-order valence-electron chi connectivity index (χ0n) is 9.23. The van der Waals surface area contributed by atoms with E-state index < -0.39 is 0 Å². The van der Waals surface area contributed by atoms with Crippen molar-refractivity contribution in [3.05, 3.63) is 29.8 Å². The van der Waals surface area contributed by atoms with Gasteiger partial charge in [0.1, 0.15) is 5.75 Å². The maximum Gasteiger partial charge on any atom is 0.224 e. The Morgan fingerprint density at radius 2 is 2.12 bits per heavy atom. The molecule has 0 aliphatic carbocycles. The summed E-state index contributed by atoms with van der Waals surface area (Å²) in [6.45, 7) is 1.27. The van der Waals surface area contributed by atoms with Crippen LogP contribution in [0.15, 0.2) is 24.3 Å². The molecule has 0 bridgehead atoms. The minimum atomic E-state index is 0.0402. The Morgan fingerprint density at radius 3 is 2.62 bits per heavy atom. The van der Waals surface area contributed by atoms with Crippen molar-refractivity contribution in [2.75, 3.05) is 20.3 Å². The van der Waals surface area contributed by atoms with Crippen molar-refractivity contribution in [2.24, 2.45) is 0 Å². The molecule has 4 heteroatoms. The van der Waals surface area contributed by atoms with Gasteiger partial charge in [0.05, 0.1) is 32.8 Å². The number of hydrogen-bond acceptors (Lipinski definition) is 3. The zero-order chi connectivity index (χ0) is 11.4. The molecule has 1 amide bonds. The summed E-state index contributed by atoms with van der Waals surface area (Å²) in [6.07, 6.45) is 0.403. The molecule has 2 rings (SSSR count). The van der Waals surface area contributed by atoms with Gasteiger partial charge in [-0.1, -0.05) is 12.1 Å². The van der Waals surface area contributed by atoms with E-state index >= 15 is 0 Å². The molecule has 1 N–H and O–H groups in total. The molecule has 1 fully saturated rings. The fourth-order valence-corrected chi connectivity index (χ4v) is 1.53. The number of carbonyl (C=O) groups is 1. The van der Waals surface area contributed by atoms with Crippen LogP contribution in [0.3, 0.4) is 0 Å². The fourth-order valence-electron chi connectivity index (χ4n) is 1.53. The number of methoxy groups -OCH3 is 1. The smallest absolute Gasteiger partial charge is 0.224 e. The van der Waals surface area contributed by atoms with Crippen LogP contribution in [-0.2, 0) is 16.0 Å². The second kappa shape index (κ2) is 4.99. The number of benzene rings is 1. The second-order valence-electron chi connectivity index (χ2n) is 3.83. The lowest BCUT2D eigenvalue weighted by Crippen LogP contribution is -2.49. The van der Waals surface area contributed by atoms with Crippen LogP contribution >= 0.6 is 0 Å². The number of carbonyl (C=O) groups excluding carboxylic acids is 1. The van der Waals surface area contributed by atoms with Crippen LogP contribution in [0.2, 0.25) is 0 Å². The highest BCUT2D eigenvalue weighted by molar-refractivity contribution is 5.79. The SMILES string of the molecule is COc1ccc(CC(=O)NC2COC2)cc1. The summed E-state index contributed by atoms with van der Waals surface area (Å²) in [6, 6.07) is 7.71. The molecular formula is C12H15NO3. The molecule has 0 radical (unpaired) electrons. The second-order valence-corrected chi connectivity index (χ2v) is 3.83. The van der Waals surface area contributed by atoms with E-state index in [2.05, 4.69) is 5.32 Å². The summed E-state index contributed by atoms with van der Waals surface area (Å²) in [4.78, 5) is 11.6. The normalized spacial score (nSPS) is 15.3. The van der Waals surface area contributed by atoms with Gasteiger partial charge in [-0.15, -0.1) is 0 Å². The first-order valence-electron chi connectivity index (χ1n) is 5.28. The monoisotopic (exact) mass is 221 g/mol. The highest BCUT2D eigenvalue weighted by Gasteiger charge is 2.20. The number of amides is 1. The Balaban J connectivity index is 1.84. The van der Waals surface area contributed by atoms with Crippen molar-refractivity contribution in [3.8, 4) is 5.75 Å². The number of hydrogen-bond donors (Lipinski definition) is 1. The van der Waals surface area contributed by atoms with Crippen molar-refractivity contribution in [1.82, 2.24) is 5.32 Å². The number of nitrogens with one attached hydrogen (secondary N) is 1. The summed E-state index contributed by atoms with van der Waals surface area (Å²) in [7, 11) is 1.62. The van der Waals surface area contributed by atoms with Crippen LogP contribution in [0.4, 0.5) is 0 Å². The van der Waals surface area contributed by atoms with Crippen LogP contribution in [0, 0.1) is 0 Å². The van der Waals surface area contributed by atoms with E-state index in [1.54, 1.807) is 7.11 Å². The van der Waals surface area contributed by atoms with Gasteiger partial charge in [-0.3, -0.25) is 4.79 Å². The van der Waals surface area contributed by atoms with Gasteiger partial charge in [0.2, 0.25) is 5.91 Å². The molecule has 1 aliphatic rings. The highest BCUT2D eigenvalue weighted by Crippen LogP contribution is 2.11. The predicted molar refractivity (Wildman–Crippen MR) is 59.4 cm³/mol. The number of rotatable bonds is 4. The van der Waals surface area contributed by atoms with Crippen LogP contribution in [0.25, 0.3) is 0 Å². The lowest BCUT2D eigenvalue weighted by Gasteiger charge is -2.26. The van der Waals surface area contributed by atoms with Gasteiger partial charge >= 0.3 is 0 Å². The summed E-state index contributed by atoms with van der Waals surface area (Å²) in [5, 5.41) is 2.90. The Morgan fingerprint density at radius 1 is 1.44 bits per heavy atom. The first-order chi connectivity index (χ1) is 7.78. The average molecular weight is 221 g/mol. The topological polar surface area (TPSA) is 47.6 Å². The molecule has 1 aromatic carbocycles. The largest absolute Gasteiger partial charge is 0.497 e. The maximum atomic E-state index is 11.6. The van der Waals surface area contributed by atoms with E-state index in [9.17, 15) is 4.79 Å². The third-order valence-electron chi connectivity index (χ3n) is 2.53. The van der Waals surface area contributed by atoms with Crippen molar-refractivity contribution < 1.29 is 14.3 Å². The van der Waals surface area contributed by atoms with E-state index in [0.717, 1.165) is 11.3 Å². The zero-order valence-corrected chi connectivity index (χ0v) is 9.23. The molecular weight excluding hydrogens is 206 g/mol. The molecule has 1 heterocycles. The molecule has 4 nitrogen and oxygen atoms in total. The molecule has 0 unspecified atom stereocenters. The van der Waals surface area contributed by atoms with E-state index in [4.69, 9.17) is 9.47 Å². The van der Waals surface area contributed by atoms with Crippen molar-refractivity contribution >= 4 is 5.91 Å². The third kappa shape index (κ3) is 2.73. The van der Waals surface area contributed by atoms with E-state index in [0.29, 0.717) is 19.6 Å². The molecule has 86 valence electrons. The summed E-state index contributed by atoms with van der Waals surface area (Å²) < 4.78 is 10.0. The van der Waals surface area contributed by atoms with Gasteiger partial charge in [0.25, 0.3) is 0 Å². The molecule has 0 spiro atoms. The van der Waals surface area contributed by atoms with Gasteiger partial charge in [-0.25, -0.2) is 0 Å². The first kappa shape index (κ1) is 11.0. The fraction of sp³-hybridized carbons (Fsp3) is 0.417. The Hall–Kier alpha value is -1.55. The molecule has 0 atom stereocenters. The molecule has 1 aliphatic heterocycles. The lowest BCUT2D eigenvalue weighted by atomic mass is 10.1. The maximum absolute atomic E-state index is 11.6. The predicted octanol–water partition coefficient (Wildman–Crippen LogP) is 0.753. The van der Waals surface area contributed by atoms with Gasteiger partial charge < -0.3 is 14.8 Å². The first-order valence-corrected chi connectivity index (χ1v) is 5.28. The minimum Gasteiger partial charge on any atom is -0.497 e. The minimum absolute atomic E-state index is 0.0402. The van der Waals surface area contributed by atoms with Crippen LogP contribution < -0.4 is 10.1 Å². The average Bonchev–Trinajstić information content (AvgIpc) is 2.25. The summed E-state index contributed by atoms with van der Waals surface area (Å²) in [5.41, 5.74) is 0.985. The molecule has 0 saturated carbocycles. The Bertz CT molecular complexity index is 357. The van der Waals surface area contributed by atoms with Crippen molar-refractivity contribution in [2.45, 2.75) is 12.5 Å². The van der Waals surface area contributed by atoms with Gasteiger partial charge in [0.15, 0.2) is 0 Å². The molecule has 1 saturated heterocycles. The van der Waals surface area contributed by atoms with E-state index in [1.807, 2.05) is 24.3 Å². The van der Waals surface area contributed by atoms with Crippen molar-refractivity contribution in [1.29, 1.82) is 0 Å². The standard InChI is InChI=1S/C12H15NO3/c1-15-11-4-2-9(3-5-11)6-12(14)13-10-7-16-8-10/h2-5,10H,6-8H2,1H3,(H,13,14). The molecule has 16 heavy (non-hydrogen) atoms. The Kier molecular flexibility index (Phi) is 3.41. The lowest BCUT2D eigenvalue weighted by molar-refractivity contribution is -0.124. The number of ether oxygens (including phenoxy) is 2. The van der Waals surface area contributed by atoms with Gasteiger partial charge in [-0.05, 0) is 17.7 Å². The van der Waals surface area contributed by atoms with Crippen molar-refractivity contribution in [3.63, 3.8) is 0 Å². The van der Waals surface area contributed by atoms with Crippen LogP contribution in [0.5, 0.6) is 5.75 Å². The van der Waals surface area contributed by atoms with Gasteiger partial charge in [0, 0.05) is 0 Å². The van der Waals surface area contributed by atoms with E-state index in [-0.39, 0.29) is 11.9 Å². The van der Waals surface area contributed by atoms with E-state index in [1.165, 1.54) is 0 Å². The third-order valence-corrected chi connectivity index (χ3v) is 2.53. The quantitative estimate of drug-likeness (QED) is 0.816. The molecule has 0 aromatic heterocycles. The Labute approximate surface area is 94.6 Å². The summed E-state index contributed by atoms with van der Waals surface area (Å²) >= 11 is 0. The summed E-state index contributed by atoms with van der Waals surface area (Å²) in [5.74, 6) is 0.843. The highest BCUT2D eigenvalue weighted by atomic mass is 16.5. The van der Waals surface area contributed by atoms with Gasteiger partial charge in [-0.2, -0.15) is 0 Å². The van der Waals surface area contributed by atoms with Crippen LogP contribution in [-0.4, -0.2) is 32.3 Å².